The molecule has 0 atom stereocenters. The Balaban J connectivity index is 4.86. The second-order valence-electron chi connectivity index (χ2n) is 8.05. The zero-order valence-electron chi connectivity index (χ0n) is 18.2. The molecule has 0 fully saturated rings. The largest absolute Gasteiger partial charge is 0.342 e. The molecule has 0 amide bonds. The van der Waals surface area contributed by atoms with Gasteiger partial charge in [0.1, 0.15) is 0 Å². The van der Waals surface area contributed by atoms with E-state index in [4.69, 9.17) is 0 Å². The Morgan fingerprint density at radius 1 is 1.16 bits per heavy atom. The first kappa shape index (κ1) is 23.7. The number of allylic oxidation sites excluding steroid dienone is 2. The number of rotatable bonds is 9. The van der Waals surface area contributed by atoms with E-state index in [1.54, 1.807) is 0 Å². The van der Waals surface area contributed by atoms with Crippen molar-refractivity contribution in [2.45, 2.75) is 67.3 Å². The van der Waals surface area contributed by atoms with Gasteiger partial charge in [-0.05, 0) is 59.1 Å². The van der Waals surface area contributed by atoms with Crippen LogP contribution in [0.5, 0.6) is 0 Å². The Kier molecular flexibility index (Phi) is 10.8. The summed E-state index contributed by atoms with van der Waals surface area (Å²) in [6.45, 7) is 25.9. The maximum atomic E-state index is 4.46. The smallest absolute Gasteiger partial charge is 0.197 e. The molecular formula is C21H42N4. The molecule has 0 aromatic carbocycles. The molecule has 0 radical (unpaired) electrons. The molecule has 1 N–H and O–H groups in total. The molecule has 25 heavy (non-hydrogen) atoms. The Morgan fingerprint density at radius 3 is 2.16 bits per heavy atom. The quantitative estimate of drug-likeness (QED) is 0.377. The van der Waals surface area contributed by atoms with Crippen LogP contribution in [0.3, 0.4) is 0 Å². The third kappa shape index (κ3) is 9.10. The van der Waals surface area contributed by atoms with Gasteiger partial charge in [-0.15, -0.1) is 0 Å². The summed E-state index contributed by atoms with van der Waals surface area (Å²) >= 11 is 0. The van der Waals surface area contributed by atoms with E-state index >= 15 is 0 Å². The minimum atomic E-state index is 0.191. The highest BCUT2D eigenvalue weighted by molar-refractivity contribution is 5.81. The van der Waals surface area contributed by atoms with E-state index < -0.39 is 0 Å². The van der Waals surface area contributed by atoms with Gasteiger partial charge in [-0.3, -0.25) is 9.89 Å². The fourth-order valence-electron chi connectivity index (χ4n) is 2.85. The molecule has 0 aliphatic rings. The van der Waals surface area contributed by atoms with Gasteiger partial charge in [-0.2, -0.15) is 0 Å². The van der Waals surface area contributed by atoms with Crippen LogP contribution >= 0.6 is 0 Å². The molecule has 0 heterocycles. The van der Waals surface area contributed by atoms with Crippen LogP contribution in [0.2, 0.25) is 0 Å². The molecular weight excluding hydrogens is 308 g/mol. The average molecular weight is 351 g/mol. The molecule has 0 aromatic heterocycles. The topological polar surface area (TPSA) is 30.9 Å². The van der Waals surface area contributed by atoms with Crippen LogP contribution in [0.4, 0.5) is 0 Å². The third-order valence-electron chi connectivity index (χ3n) is 4.49. The number of hydrogen-bond donors (Lipinski definition) is 1. The third-order valence-corrected chi connectivity index (χ3v) is 4.49. The van der Waals surface area contributed by atoms with Crippen molar-refractivity contribution in [2.24, 2.45) is 10.9 Å². The van der Waals surface area contributed by atoms with Gasteiger partial charge < -0.3 is 10.2 Å². The lowest BCUT2D eigenvalue weighted by Gasteiger charge is -2.36. The van der Waals surface area contributed by atoms with Crippen molar-refractivity contribution in [2.75, 3.05) is 33.2 Å². The molecule has 0 saturated heterocycles. The van der Waals surface area contributed by atoms with Gasteiger partial charge in [0.25, 0.3) is 0 Å². The van der Waals surface area contributed by atoms with Gasteiger partial charge >= 0.3 is 0 Å². The van der Waals surface area contributed by atoms with E-state index in [-0.39, 0.29) is 5.54 Å². The molecule has 0 aliphatic heterocycles. The van der Waals surface area contributed by atoms with Gasteiger partial charge in [-0.25, -0.2) is 0 Å². The summed E-state index contributed by atoms with van der Waals surface area (Å²) in [6, 6.07) is 0. The average Bonchev–Trinajstić information content (AvgIpc) is 2.51. The fraction of sp³-hybridized carbons (Fsp3) is 0.762. The minimum Gasteiger partial charge on any atom is -0.342 e. The summed E-state index contributed by atoms with van der Waals surface area (Å²) in [6.07, 6.45) is 3.06. The molecule has 0 aliphatic carbocycles. The fourth-order valence-corrected chi connectivity index (χ4v) is 2.85. The molecule has 0 saturated carbocycles. The Hall–Kier alpha value is -1.29. The number of hydrogen-bond acceptors (Lipinski definition) is 2. The van der Waals surface area contributed by atoms with Crippen molar-refractivity contribution < 1.29 is 0 Å². The van der Waals surface area contributed by atoms with Crippen molar-refractivity contribution in [1.29, 1.82) is 0 Å². The van der Waals surface area contributed by atoms with Gasteiger partial charge in [0.05, 0.1) is 0 Å². The Morgan fingerprint density at radius 2 is 1.76 bits per heavy atom. The first-order valence-electron chi connectivity index (χ1n) is 9.64. The van der Waals surface area contributed by atoms with Crippen LogP contribution in [0.15, 0.2) is 28.9 Å². The lowest BCUT2D eigenvalue weighted by molar-refractivity contribution is 0.135. The number of nitrogens with zero attached hydrogens (tertiary/aromatic N) is 3. The van der Waals surface area contributed by atoms with E-state index in [0.717, 1.165) is 38.6 Å². The highest BCUT2D eigenvalue weighted by Crippen LogP contribution is 2.16. The summed E-state index contributed by atoms with van der Waals surface area (Å²) in [5.74, 6) is 1.55. The molecule has 0 spiro atoms. The second-order valence-corrected chi connectivity index (χ2v) is 8.05. The van der Waals surface area contributed by atoms with E-state index in [1.807, 2.05) is 13.2 Å². The van der Waals surface area contributed by atoms with Crippen molar-refractivity contribution in [3.63, 3.8) is 0 Å². The predicted molar refractivity (Wildman–Crippen MR) is 113 cm³/mol. The van der Waals surface area contributed by atoms with Crippen LogP contribution in [0.25, 0.3) is 0 Å². The molecule has 4 heteroatoms. The van der Waals surface area contributed by atoms with Crippen molar-refractivity contribution >= 4 is 5.96 Å². The lowest BCUT2D eigenvalue weighted by Crippen LogP contribution is -2.48. The zero-order valence-corrected chi connectivity index (χ0v) is 18.2. The predicted octanol–water partition coefficient (Wildman–Crippen LogP) is 4.51. The molecule has 146 valence electrons. The van der Waals surface area contributed by atoms with Crippen LogP contribution in [-0.4, -0.2) is 54.5 Å². The SMILES string of the molecule is C=C(CC(C)C)/C(C)=C/NC(=NC)N(CC)CCN(CC)C(C)(C)C. The molecule has 0 bridgehead atoms. The van der Waals surface area contributed by atoms with E-state index in [2.05, 4.69) is 82.1 Å². The molecule has 4 nitrogen and oxygen atoms in total. The lowest BCUT2D eigenvalue weighted by atomic mass is 9.99. The van der Waals surface area contributed by atoms with Crippen LogP contribution in [0.1, 0.15) is 61.8 Å². The second kappa shape index (κ2) is 11.3. The zero-order chi connectivity index (χ0) is 19.6. The summed E-state index contributed by atoms with van der Waals surface area (Å²) in [5, 5.41) is 3.39. The standard InChI is InChI=1S/C21H42N4/c1-11-24(13-14-25(12-2)21(7,8)9)20(22-10)23-16-19(6)18(5)15-17(3)4/h16-17H,5,11-15H2,1-4,6-10H3,(H,22,23)/b19-16+. The van der Waals surface area contributed by atoms with E-state index in [1.165, 1.54) is 11.1 Å². The van der Waals surface area contributed by atoms with Gasteiger partial charge in [0, 0.05) is 38.4 Å². The van der Waals surface area contributed by atoms with E-state index in [0.29, 0.717) is 5.92 Å². The van der Waals surface area contributed by atoms with Gasteiger partial charge in [0.2, 0.25) is 0 Å². The van der Waals surface area contributed by atoms with Crippen molar-refractivity contribution in [3.05, 3.63) is 23.9 Å². The van der Waals surface area contributed by atoms with Crippen LogP contribution < -0.4 is 5.32 Å². The van der Waals surface area contributed by atoms with Crippen molar-refractivity contribution in [3.8, 4) is 0 Å². The number of likely N-dealkylation sites (N-methyl/N-ethyl adjacent to an activating group) is 2. The Labute approximate surface area is 157 Å². The highest BCUT2D eigenvalue weighted by atomic mass is 15.3. The summed E-state index contributed by atoms with van der Waals surface area (Å²) in [4.78, 5) is 9.25. The number of aliphatic imine (C=N–C) groups is 1. The first-order valence-corrected chi connectivity index (χ1v) is 9.64. The number of nitrogens with one attached hydrogen (secondary N) is 1. The molecule has 0 aromatic rings. The number of guanidine groups is 1. The highest BCUT2D eigenvalue weighted by Gasteiger charge is 2.20. The van der Waals surface area contributed by atoms with Gasteiger partial charge in [-0.1, -0.05) is 32.9 Å². The van der Waals surface area contributed by atoms with Crippen LogP contribution in [-0.2, 0) is 0 Å². The summed E-state index contributed by atoms with van der Waals surface area (Å²) < 4.78 is 0. The molecule has 0 unspecified atom stereocenters. The maximum Gasteiger partial charge on any atom is 0.197 e. The van der Waals surface area contributed by atoms with Gasteiger partial charge in [0.15, 0.2) is 5.96 Å². The molecule has 0 rings (SSSR count). The van der Waals surface area contributed by atoms with Crippen molar-refractivity contribution in [1.82, 2.24) is 15.1 Å². The monoisotopic (exact) mass is 350 g/mol. The van der Waals surface area contributed by atoms with Crippen LogP contribution in [0, 0.1) is 5.92 Å². The Bertz CT molecular complexity index is 455. The summed E-state index contributed by atoms with van der Waals surface area (Å²) in [7, 11) is 1.85. The van der Waals surface area contributed by atoms with E-state index in [9.17, 15) is 0 Å². The first-order chi connectivity index (χ1) is 11.6. The minimum absolute atomic E-state index is 0.191. The summed E-state index contributed by atoms with van der Waals surface area (Å²) in [5.41, 5.74) is 2.57. The maximum absolute atomic E-state index is 4.46. The normalized spacial score (nSPS) is 13.6.